The molecule has 3 nitrogen and oxygen atoms in total. The minimum absolute atomic E-state index is 0. The van der Waals surface area contributed by atoms with E-state index in [1.807, 2.05) is 7.05 Å². The fraction of sp³-hybridized carbons (Fsp3) is 0.917. The molecule has 0 bridgehead atoms. The number of carbonyl (C=O) groups is 1. The van der Waals surface area contributed by atoms with E-state index in [-0.39, 0.29) is 18.3 Å². The Kier molecular flexibility index (Phi) is 14.5. The average molecular weight is 251 g/mol. The van der Waals surface area contributed by atoms with Gasteiger partial charge in [0.25, 0.3) is 0 Å². The molecule has 1 atom stereocenters. The Hall–Kier alpha value is -0.280. The maximum atomic E-state index is 11.5. The highest BCUT2D eigenvalue weighted by molar-refractivity contribution is 5.85. The summed E-state index contributed by atoms with van der Waals surface area (Å²) in [5.74, 6) is 0.180. The molecule has 0 fully saturated rings. The van der Waals surface area contributed by atoms with Crippen molar-refractivity contribution in [3.63, 3.8) is 0 Å². The normalized spacial score (nSPS) is 11.7. The van der Waals surface area contributed by atoms with E-state index in [1.54, 1.807) is 0 Å². The van der Waals surface area contributed by atoms with E-state index < -0.39 is 0 Å². The van der Waals surface area contributed by atoms with Gasteiger partial charge in [0.15, 0.2) is 0 Å². The van der Waals surface area contributed by atoms with E-state index in [1.165, 1.54) is 12.8 Å². The molecule has 1 unspecified atom stereocenters. The zero-order chi connectivity index (χ0) is 11.5. The lowest BCUT2D eigenvalue weighted by Crippen LogP contribution is -2.36. The Morgan fingerprint density at radius 1 is 1.19 bits per heavy atom. The summed E-state index contributed by atoms with van der Waals surface area (Å²) in [5, 5.41) is 6.09. The van der Waals surface area contributed by atoms with E-state index in [2.05, 4.69) is 24.5 Å². The summed E-state index contributed by atoms with van der Waals surface area (Å²) in [6.45, 7) is 5.11. The maximum Gasteiger partial charge on any atom is 0.221 e. The fourth-order valence-corrected chi connectivity index (χ4v) is 1.63. The highest BCUT2D eigenvalue weighted by Crippen LogP contribution is 2.06. The van der Waals surface area contributed by atoms with Gasteiger partial charge < -0.3 is 10.6 Å². The second-order valence-corrected chi connectivity index (χ2v) is 4.05. The summed E-state index contributed by atoms with van der Waals surface area (Å²) < 4.78 is 0. The third kappa shape index (κ3) is 10.2. The second kappa shape index (κ2) is 12.8. The van der Waals surface area contributed by atoms with Gasteiger partial charge >= 0.3 is 0 Å². The highest BCUT2D eigenvalue weighted by Gasteiger charge is 2.10. The lowest BCUT2D eigenvalue weighted by atomic mass is 10.1. The Morgan fingerprint density at radius 3 is 2.38 bits per heavy atom. The lowest BCUT2D eigenvalue weighted by molar-refractivity contribution is -0.121. The molecule has 2 N–H and O–H groups in total. The van der Waals surface area contributed by atoms with Gasteiger partial charge in [-0.25, -0.2) is 0 Å². The third-order valence-electron chi connectivity index (χ3n) is 2.51. The first-order valence-corrected chi connectivity index (χ1v) is 6.18. The predicted octanol–water partition coefficient (Wildman–Crippen LogP) is 2.49. The Labute approximate surface area is 106 Å². The number of rotatable bonds is 9. The number of amides is 1. The molecule has 0 rings (SSSR count). The van der Waals surface area contributed by atoms with E-state index in [0.29, 0.717) is 12.5 Å². The summed E-state index contributed by atoms with van der Waals surface area (Å²) >= 11 is 0. The zero-order valence-corrected chi connectivity index (χ0v) is 11.7. The van der Waals surface area contributed by atoms with Crippen LogP contribution in [-0.4, -0.2) is 25.5 Å². The molecule has 0 aromatic carbocycles. The van der Waals surface area contributed by atoms with Crippen LogP contribution in [0.2, 0.25) is 0 Å². The Balaban J connectivity index is 0. The quantitative estimate of drug-likeness (QED) is 0.660. The van der Waals surface area contributed by atoms with Gasteiger partial charge in [0.05, 0.1) is 0 Å². The monoisotopic (exact) mass is 250 g/mol. The highest BCUT2D eigenvalue weighted by atomic mass is 35.5. The number of hydrogen-bond acceptors (Lipinski definition) is 2. The van der Waals surface area contributed by atoms with Crippen molar-refractivity contribution in [3.05, 3.63) is 0 Å². The van der Waals surface area contributed by atoms with Gasteiger partial charge in [-0.15, -0.1) is 12.4 Å². The van der Waals surface area contributed by atoms with E-state index in [4.69, 9.17) is 0 Å². The molecule has 0 radical (unpaired) electrons. The standard InChI is InChI=1S/C12H26N2O.ClH/c1-4-6-8-11(7-5-2)14-12(15)9-10-13-3;/h11,13H,4-10H2,1-3H3,(H,14,15);1H. The Morgan fingerprint density at radius 2 is 1.88 bits per heavy atom. The summed E-state index contributed by atoms with van der Waals surface area (Å²) in [6, 6.07) is 0.388. The summed E-state index contributed by atoms with van der Waals surface area (Å²) in [5.41, 5.74) is 0. The van der Waals surface area contributed by atoms with Gasteiger partial charge in [-0.1, -0.05) is 33.1 Å². The molecule has 0 aromatic rings. The van der Waals surface area contributed by atoms with Gasteiger partial charge in [0.2, 0.25) is 5.91 Å². The number of halogens is 1. The molecule has 0 saturated heterocycles. The van der Waals surface area contributed by atoms with Crippen LogP contribution in [0.25, 0.3) is 0 Å². The SMILES string of the molecule is CCCCC(CCC)NC(=O)CCNC.Cl. The summed E-state index contributed by atoms with van der Waals surface area (Å²) in [6.07, 6.45) is 6.36. The first-order valence-electron chi connectivity index (χ1n) is 6.18. The molecule has 0 spiro atoms. The minimum atomic E-state index is 0. The van der Waals surface area contributed by atoms with Crippen molar-refractivity contribution in [2.24, 2.45) is 0 Å². The van der Waals surface area contributed by atoms with Gasteiger partial charge in [0, 0.05) is 19.0 Å². The molecule has 0 aliphatic carbocycles. The van der Waals surface area contributed by atoms with E-state index in [9.17, 15) is 4.79 Å². The fourth-order valence-electron chi connectivity index (χ4n) is 1.63. The van der Waals surface area contributed by atoms with Crippen LogP contribution in [0.1, 0.15) is 52.4 Å². The number of hydrogen-bond donors (Lipinski definition) is 2. The number of nitrogens with one attached hydrogen (secondary N) is 2. The van der Waals surface area contributed by atoms with Crippen LogP contribution in [-0.2, 0) is 4.79 Å². The molecule has 0 heterocycles. The van der Waals surface area contributed by atoms with Crippen molar-refractivity contribution < 1.29 is 4.79 Å². The topological polar surface area (TPSA) is 41.1 Å². The van der Waals surface area contributed by atoms with Crippen molar-refractivity contribution in [1.29, 1.82) is 0 Å². The molecule has 4 heteroatoms. The van der Waals surface area contributed by atoms with Crippen LogP contribution in [0.5, 0.6) is 0 Å². The van der Waals surface area contributed by atoms with Crippen molar-refractivity contribution in [2.75, 3.05) is 13.6 Å². The van der Waals surface area contributed by atoms with Crippen molar-refractivity contribution in [2.45, 2.75) is 58.4 Å². The predicted molar refractivity (Wildman–Crippen MR) is 72.2 cm³/mol. The van der Waals surface area contributed by atoms with Crippen LogP contribution in [0.3, 0.4) is 0 Å². The van der Waals surface area contributed by atoms with Crippen molar-refractivity contribution in [3.8, 4) is 0 Å². The van der Waals surface area contributed by atoms with Gasteiger partial charge in [-0.3, -0.25) is 4.79 Å². The lowest BCUT2D eigenvalue weighted by Gasteiger charge is -2.17. The van der Waals surface area contributed by atoms with Crippen LogP contribution in [0, 0.1) is 0 Å². The third-order valence-corrected chi connectivity index (χ3v) is 2.51. The van der Waals surface area contributed by atoms with Crippen LogP contribution >= 0.6 is 12.4 Å². The molecule has 98 valence electrons. The molecular weight excluding hydrogens is 224 g/mol. The largest absolute Gasteiger partial charge is 0.353 e. The molecular formula is C12H27ClN2O. The second-order valence-electron chi connectivity index (χ2n) is 4.05. The smallest absolute Gasteiger partial charge is 0.221 e. The van der Waals surface area contributed by atoms with E-state index >= 15 is 0 Å². The molecule has 1 amide bonds. The van der Waals surface area contributed by atoms with Crippen LogP contribution in [0.4, 0.5) is 0 Å². The molecule has 16 heavy (non-hydrogen) atoms. The number of unbranched alkanes of at least 4 members (excludes halogenated alkanes) is 1. The number of carbonyl (C=O) groups excluding carboxylic acids is 1. The molecule has 0 aliphatic heterocycles. The van der Waals surface area contributed by atoms with E-state index in [0.717, 1.165) is 25.8 Å². The Bertz CT molecular complexity index is 165. The first kappa shape index (κ1) is 18.1. The van der Waals surface area contributed by atoms with Gasteiger partial charge in [-0.05, 0) is 19.9 Å². The van der Waals surface area contributed by atoms with Crippen LogP contribution in [0.15, 0.2) is 0 Å². The maximum absolute atomic E-state index is 11.5. The molecule has 0 aromatic heterocycles. The average Bonchev–Trinajstić information content (AvgIpc) is 2.23. The zero-order valence-electron chi connectivity index (χ0n) is 10.8. The van der Waals surface area contributed by atoms with Crippen LogP contribution < -0.4 is 10.6 Å². The first-order chi connectivity index (χ1) is 7.24. The minimum Gasteiger partial charge on any atom is -0.353 e. The van der Waals surface area contributed by atoms with Crippen molar-refractivity contribution >= 4 is 18.3 Å². The summed E-state index contributed by atoms with van der Waals surface area (Å²) in [4.78, 5) is 11.5. The van der Waals surface area contributed by atoms with Gasteiger partial charge in [-0.2, -0.15) is 0 Å². The molecule has 0 aliphatic rings. The van der Waals surface area contributed by atoms with Gasteiger partial charge in [0.1, 0.15) is 0 Å². The van der Waals surface area contributed by atoms with Crippen molar-refractivity contribution in [1.82, 2.24) is 10.6 Å². The summed E-state index contributed by atoms with van der Waals surface area (Å²) in [7, 11) is 1.87. The molecule has 0 saturated carbocycles.